The van der Waals surface area contributed by atoms with Crippen LogP contribution in [0.15, 0.2) is 30.5 Å². The maximum Gasteiger partial charge on any atom is 0.328 e. The Kier molecular flexibility index (Phi) is 4.56. The summed E-state index contributed by atoms with van der Waals surface area (Å²) in [5.74, 6) is 0.629. The number of aromatic nitrogens is 1. The molecule has 5 rings (SSSR count). The Morgan fingerprint density at radius 2 is 1.86 bits per heavy atom. The SMILES string of the molecule is O=C1CCN(c2cccc3c2ccn3C2CCN(CC3CNC3)CC2)C(=O)N1. The van der Waals surface area contributed by atoms with E-state index in [0.717, 1.165) is 42.9 Å². The third kappa shape index (κ3) is 3.18. The third-order valence-electron chi connectivity index (χ3n) is 6.42. The first-order valence-corrected chi connectivity index (χ1v) is 10.3. The summed E-state index contributed by atoms with van der Waals surface area (Å²) < 4.78 is 2.38. The maximum absolute atomic E-state index is 12.3. The van der Waals surface area contributed by atoms with Crippen LogP contribution in [-0.2, 0) is 4.79 Å². The van der Waals surface area contributed by atoms with Gasteiger partial charge in [0.1, 0.15) is 0 Å². The molecule has 3 aliphatic heterocycles. The molecule has 7 nitrogen and oxygen atoms in total. The first kappa shape index (κ1) is 17.7. The number of hydrogen-bond acceptors (Lipinski definition) is 4. The van der Waals surface area contributed by atoms with Crippen molar-refractivity contribution in [1.82, 2.24) is 20.1 Å². The van der Waals surface area contributed by atoms with E-state index in [9.17, 15) is 9.59 Å². The molecule has 0 bridgehead atoms. The minimum Gasteiger partial charge on any atom is -0.344 e. The lowest BCUT2D eigenvalue weighted by atomic mass is 9.99. The van der Waals surface area contributed by atoms with E-state index < -0.39 is 0 Å². The number of rotatable bonds is 4. The zero-order chi connectivity index (χ0) is 19.1. The fourth-order valence-corrected chi connectivity index (χ4v) is 4.74. The van der Waals surface area contributed by atoms with E-state index in [0.29, 0.717) is 19.0 Å². The lowest BCUT2D eigenvalue weighted by Gasteiger charge is -2.38. The highest BCUT2D eigenvalue weighted by atomic mass is 16.2. The van der Waals surface area contributed by atoms with Gasteiger partial charge >= 0.3 is 6.03 Å². The Hall–Kier alpha value is -2.38. The highest BCUT2D eigenvalue weighted by Crippen LogP contribution is 2.33. The van der Waals surface area contributed by atoms with Gasteiger partial charge in [0.15, 0.2) is 0 Å². The lowest BCUT2D eigenvalue weighted by molar-refractivity contribution is -0.120. The first-order valence-electron chi connectivity index (χ1n) is 10.3. The van der Waals surface area contributed by atoms with Gasteiger partial charge < -0.3 is 14.8 Å². The molecule has 3 aliphatic rings. The standard InChI is InChI=1S/C21H27N5O2/c27-20-7-11-26(21(28)23-20)19-3-1-2-18-17(19)6-10-25(18)16-4-8-24(9-5-16)14-15-12-22-13-15/h1-3,6,10,15-16,22H,4-5,7-9,11-14H2,(H,23,27,28). The van der Waals surface area contributed by atoms with E-state index in [-0.39, 0.29) is 11.9 Å². The van der Waals surface area contributed by atoms with Crippen LogP contribution in [0, 0.1) is 5.92 Å². The normalized spacial score (nSPS) is 22.5. The second-order valence-corrected chi connectivity index (χ2v) is 8.24. The van der Waals surface area contributed by atoms with Crippen molar-refractivity contribution in [3.8, 4) is 0 Å². The molecule has 0 atom stereocenters. The van der Waals surface area contributed by atoms with Gasteiger partial charge in [-0.15, -0.1) is 0 Å². The summed E-state index contributed by atoms with van der Waals surface area (Å²) in [4.78, 5) is 28.0. The number of likely N-dealkylation sites (tertiary alicyclic amines) is 1. The molecule has 0 unspecified atom stereocenters. The van der Waals surface area contributed by atoms with Crippen LogP contribution in [0.25, 0.3) is 10.9 Å². The first-order chi connectivity index (χ1) is 13.7. The number of hydrogen-bond donors (Lipinski definition) is 2. The van der Waals surface area contributed by atoms with Crippen molar-refractivity contribution in [2.45, 2.75) is 25.3 Å². The molecule has 7 heteroatoms. The van der Waals surface area contributed by atoms with Crippen LogP contribution in [0.1, 0.15) is 25.3 Å². The Bertz CT molecular complexity index is 895. The molecule has 0 aliphatic carbocycles. The molecular formula is C21H27N5O2. The van der Waals surface area contributed by atoms with Gasteiger partial charge in [0.25, 0.3) is 0 Å². The molecule has 28 heavy (non-hydrogen) atoms. The summed E-state index contributed by atoms with van der Waals surface area (Å²) in [5.41, 5.74) is 2.06. The molecule has 2 N–H and O–H groups in total. The Morgan fingerprint density at radius 1 is 1.04 bits per heavy atom. The molecular weight excluding hydrogens is 354 g/mol. The second kappa shape index (κ2) is 7.22. The number of carbonyl (C=O) groups is 2. The van der Waals surface area contributed by atoms with Crippen LogP contribution in [0.5, 0.6) is 0 Å². The quantitative estimate of drug-likeness (QED) is 0.849. The van der Waals surface area contributed by atoms with Crippen molar-refractivity contribution in [3.63, 3.8) is 0 Å². The molecule has 1 aromatic carbocycles. The van der Waals surface area contributed by atoms with Crippen molar-refractivity contribution >= 4 is 28.5 Å². The number of anilines is 1. The molecule has 1 aromatic heterocycles. The van der Waals surface area contributed by atoms with Gasteiger partial charge in [-0.25, -0.2) is 4.79 Å². The summed E-state index contributed by atoms with van der Waals surface area (Å²) in [7, 11) is 0. The molecule has 148 valence electrons. The van der Waals surface area contributed by atoms with E-state index in [1.54, 1.807) is 4.90 Å². The van der Waals surface area contributed by atoms with E-state index >= 15 is 0 Å². The van der Waals surface area contributed by atoms with Crippen LogP contribution < -0.4 is 15.5 Å². The van der Waals surface area contributed by atoms with Crippen molar-refractivity contribution in [1.29, 1.82) is 0 Å². The van der Waals surface area contributed by atoms with E-state index in [4.69, 9.17) is 0 Å². The van der Waals surface area contributed by atoms with Gasteiger partial charge in [-0.05, 0) is 37.0 Å². The average molecular weight is 381 g/mol. The molecule has 2 aromatic rings. The number of piperidine rings is 1. The van der Waals surface area contributed by atoms with Crippen LogP contribution in [0.3, 0.4) is 0 Å². The average Bonchev–Trinajstić information content (AvgIpc) is 3.10. The monoisotopic (exact) mass is 381 g/mol. The maximum atomic E-state index is 12.3. The minimum absolute atomic E-state index is 0.199. The van der Waals surface area contributed by atoms with Gasteiger partial charge in [-0.3, -0.25) is 15.0 Å². The summed E-state index contributed by atoms with van der Waals surface area (Å²) in [6.07, 6.45) is 4.83. The van der Waals surface area contributed by atoms with Crippen LogP contribution in [0.4, 0.5) is 10.5 Å². The van der Waals surface area contributed by atoms with Crippen LogP contribution in [-0.4, -0.2) is 60.7 Å². The summed E-state index contributed by atoms with van der Waals surface area (Å²) in [6.45, 7) is 6.29. The minimum atomic E-state index is -0.324. The Labute approximate surface area is 164 Å². The van der Waals surface area contributed by atoms with Crippen molar-refractivity contribution in [2.75, 3.05) is 44.2 Å². The molecule has 0 spiro atoms. The Morgan fingerprint density at radius 3 is 2.57 bits per heavy atom. The number of carbonyl (C=O) groups excluding carboxylic acids is 2. The summed E-state index contributed by atoms with van der Waals surface area (Å²) in [5, 5.41) is 6.86. The fraction of sp³-hybridized carbons (Fsp3) is 0.524. The smallest absolute Gasteiger partial charge is 0.328 e. The number of benzene rings is 1. The second-order valence-electron chi connectivity index (χ2n) is 8.24. The summed E-state index contributed by atoms with van der Waals surface area (Å²) >= 11 is 0. The predicted molar refractivity (Wildman–Crippen MR) is 109 cm³/mol. The van der Waals surface area contributed by atoms with Gasteiger partial charge in [0, 0.05) is 63.3 Å². The molecule has 0 saturated carbocycles. The number of nitrogens with one attached hydrogen (secondary N) is 2. The molecule has 4 heterocycles. The number of imide groups is 1. The van der Waals surface area contributed by atoms with Crippen molar-refractivity contribution in [2.24, 2.45) is 5.92 Å². The van der Waals surface area contributed by atoms with Crippen molar-refractivity contribution in [3.05, 3.63) is 30.5 Å². The third-order valence-corrected chi connectivity index (χ3v) is 6.42. The number of urea groups is 1. The number of fused-ring (bicyclic) bond motifs is 1. The number of amides is 3. The largest absolute Gasteiger partial charge is 0.344 e. The van der Waals surface area contributed by atoms with Gasteiger partial charge in [-0.2, -0.15) is 0 Å². The summed E-state index contributed by atoms with van der Waals surface area (Å²) in [6, 6.07) is 8.41. The number of nitrogens with zero attached hydrogens (tertiary/aromatic N) is 3. The molecule has 3 saturated heterocycles. The zero-order valence-electron chi connectivity index (χ0n) is 16.1. The molecule has 3 amide bonds. The zero-order valence-corrected chi connectivity index (χ0v) is 16.1. The van der Waals surface area contributed by atoms with Crippen LogP contribution in [0.2, 0.25) is 0 Å². The predicted octanol–water partition coefficient (Wildman–Crippen LogP) is 1.94. The lowest BCUT2D eigenvalue weighted by Crippen LogP contribution is -2.49. The molecule has 0 radical (unpaired) electrons. The van der Waals surface area contributed by atoms with Crippen molar-refractivity contribution < 1.29 is 9.59 Å². The Balaban J connectivity index is 1.34. The van der Waals surface area contributed by atoms with Gasteiger partial charge in [0.05, 0.1) is 11.2 Å². The van der Waals surface area contributed by atoms with E-state index in [1.807, 2.05) is 12.1 Å². The molecule has 3 fully saturated rings. The highest BCUT2D eigenvalue weighted by Gasteiger charge is 2.28. The van der Waals surface area contributed by atoms with E-state index in [2.05, 4.69) is 38.4 Å². The van der Waals surface area contributed by atoms with Crippen LogP contribution >= 0.6 is 0 Å². The van der Waals surface area contributed by atoms with Gasteiger partial charge in [-0.1, -0.05) is 6.07 Å². The topological polar surface area (TPSA) is 69.6 Å². The van der Waals surface area contributed by atoms with E-state index in [1.165, 1.54) is 25.2 Å². The van der Waals surface area contributed by atoms with Gasteiger partial charge in [0.2, 0.25) is 5.91 Å². The highest BCUT2D eigenvalue weighted by molar-refractivity contribution is 6.09. The fourth-order valence-electron chi connectivity index (χ4n) is 4.74.